The number of aryl methyl sites for hydroxylation is 2. The van der Waals surface area contributed by atoms with Gasteiger partial charge in [-0.3, -0.25) is 19.3 Å². The minimum Gasteiger partial charge on any atom is -0.379 e. The zero-order valence-electron chi connectivity index (χ0n) is 24.5. The molecular weight excluding hydrogens is 532 g/mol. The molecule has 222 valence electrons. The van der Waals surface area contributed by atoms with E-state index in [1.165, 1.54) is 0 Å². The quantitative estimate of drug-likeness (QED) is 0.469. The maximum Gasteiger partial charge on any atom is 0.317 e. The van der Waals surface area contributed by atoms with Gasteiger partial charge in [0.25, 0.3) is 5.91 Å². The van der Waals surface area contributed by atoms with Gasteiger partial charge in [0, 0.05) is 77.1 Å². The first kappa shape index (κ1) is 28.2. The van der Waals surface area contributed by atoms with Crippen molar-refractivity contribution in [3.63, 3.8) is 0 Å². The molecule has 3 aliphatic heterocycles. The van der Waals surface area contributed by atoms with Crippen molar-refractivity contribution < 1.29 is 14.3 Å². The molecule has 42 heavy (non-hydrogen) atoms. The van der Waals surface area contributed by atoms with E-state index in [0.717, 1.165) is 99.5 Å². The fourth-order valence-electron chi connectivity index (χ4n) is 5.89. The van der Waals surface area contributed by atoms with E-state index >= 15 is 0 Å². The molecule has 0 radical (unpaired) electrons. The molecule has 3 aliphatic rings. The fourth-order valence-corrected chi connectivity index (χ4v) is 5.89. The van der Waals surface area contributed by atoms with Crippen LogP contribution in [-0.2, 0) is 24.9 Å². The third kappa shape index (κ3) is 6.13. The van der Waals surface area contributed by atoms with Crippen LogP contribution in [0.5, 0.6) is 0 Å². The highest BCUT2D eigenvalue weighted by molar-refractivity contribution is 6.08. The number of piperazine rings is 1. The molecule has 2 N–H and O–H groups in total. The van der Waals surface area contributed by atoms with E-state index in [2.05, 4.69) is 25.5 Å². The van der Waals surface area contributed by atoms with Crippen molar-refractivity contribution in [2.24, 2.45) is 7.05 Å². The Labute approximate surface area is 247 Å². The summed E-state index contributed by atoms with van der Waals surface area (Å²) >= 11 is 0. The van der Waals surface area contributed by atoms with E-state index in [0.29, 0.717) is 18.7 Å². The molecule has 0 unspecified atom stereocenters. The van der Waals surface area contributed by atoms with Crippen molar-refractivity contribution in [3.05, 3.63) is 70.9 Å². The predicted molar refractivity (Wildman–Crippen MR) is 162 cm³/mol. The molecule has 0 spiro atoms. The number of aromatic nitrogens is 2. The van der Waals surface area contributed by atoms with E-state index in [1.807, 2.05) is 61.3 Å². The van der Waals surface area contributed by atoms with E-state index < -0.39 is 0 Å². The zero-order valence-corrected chi connectivity index (χ0v) is 24.5. The lowest BCUT2D eigenvalue weighted by molar-refractivity contribution is 0.0309. The molecule has 1 aromatic heterocycles. The predicted octanol–water partition coefficient (Wildman–Crippen LogP) is 2.79. The second-order valence-electron chi connectivity index (χ2n) is 11.3. The number of hydrogen-bond donors (Lipinski definition) is 2. The molecule has 0 atom stereocenters. The molecule has 11 heteroatoms. The second kappa shape index (κ2) is 12.5. The molecule has 2 saturated heterocycles. The number of amides is 3. The number of benzene rings is 2. The topological polar surface area (TPSA) is 98.2 Å². The van der Waals surface area contributed by atoms with Gasteiger partial charge in [-0.1, -0.05) is 18.2 Å². The molecule has 2 aromatic carbocycles. The van der Waals surface area contributed by atoms with Gasteiger partial charge in [0.15, 0.2) is 0 Å². The standard InChI is InChI=1S/C31H40N8O3/c1-23-19-24(30(40)39-22-26-21-33-35(2)29(26)34-27-5-3-4-6-28(27)39)7-8-25(23)20-32-31(41)38-13-11-36(12-14-38)9-10-37-15-17-42-18-16-37/h3-8,19,21,34H,9-18,20,22H2,1-2H3,(H,32,41). The van der Waals surface area contributed by atoms with Crippen LogP contribution >= 0.6 is 0 Å². The summed E-state index contributed by atoms with van der Waals surface area (Å²) in [7, 11) is 1.89. The van der Waals surface area contributed by atoms with Crippen molar-refractivity contribution in [2.75, 3.05) is 75.8 Å². The Kier molecular flexibility index (Phi) is 8.41. The number of ether oxygens (including phenoxy) is 1. The van der Waals surface area contributed by atoms with Crippen molar-refractivity contribution in [1.29, 1.82) is 0 Å². The summed E-state index contributed by atoms with van der Waals surface area (Å²) in [6, 6.07) is 13.5. The lowest BCUT2D eigenvalue weighted by Crippen LogP contribution is -2.53. The van der Waals surface area contributed by atoms with Crippen molar-refractivity contribution in [1.82, 2.24) is 29.8 Å². The third-order valence-electron chi connectivity index (χ3n) is 8.55. The van der Waals surface area contributed by atoms with Gasteiger partial charge in [-0.15, -0.1) is 0 Å². The van der Waals surface area contributed by atoms with E-state index in [4.69, 9.17) is 4.74 Å². The van der Waals surface area contributed by atoms with Gasteiger partial charge >= 0.3 is 6.03 Å². The number of rotatable bonds is 6. The summed E-state index contributed by atoms with van der Waals surface area (Å²) in [5, 5.41) is 10.9. The first-order chi connectivity index (χ1) is 20.5. The first-order valence-electron chi connectivity index (χ1n) is 14.8. The van der Waals surface area contributed by atoms with Gasteiger partial charge in [-0.05, 0) is 42.3 Å². The molecule has 11 nitrogen and oxygen atoms in total. The molecule has 0 saturated carbocycles. The van der Waals surface area contributed by atoms with Gasteiger partial charge in [-0.2, -0.15) is 5.10 Å². The summed E-state index contributed by atoms with van der Waals surface area (Å²) in [4.78, 5) is 35.3. The highest BCUT2D eigenvalue weighted by atomic mass is 16.5. The SMILES string of the molecule is Cc1cc(C(=O)N2Cc3cnn(C)c3Nc3ccccc32)ccc1CNC(=O)N1CCN(CCN2CCOCC2)CC1. The highest BCUT2D eigenvalue weighted by Gasteiger charge is 2.27. The molecule has 0 bridgehead atoms. The average molecular weight is 573 g/mol. The van der Waals surface area contributed by atoms with Crippen LogP contribution in [0.1, 0.15) is 27.0 Å². The van der Waals surface area contributed by atoms with Crippen LogP contribution in [0, 0.1) is 6.92 Å². The first-order valence-corrected chi connectivity index (χ1v) is 14.8. The molecule has 3 aromatic rings. The number of nitrogens with one attached hydrogen (secondary N) is 2. The maximum atomic E-state index is 13.8. The van der Waals surface area contributed by atoms with E-state index in [9.17, 15) is 9.59 Å². The normalized spacial score (nSPS) is 17.7. The number of fused-ring (bicyclic) bond motifs is 2. The Bertz CT molecular complexity index is 1430. The number of morpholine rings is 1. The van der Waals surface area contributed by atoms with Crippen LogP contribution in [0.15, 0.2) is 48.7 Å². The van der Waals surface area contributed by atoms with Crippen molar-refractivity contribution in [3.8, 4) is 0 Å². The smallest absolute Gasteiger partial charge is 0.317 e. The number of nitrogens with zero attached hydrogens (tertiary/aromatic N) is 6. The third-order valence-corrected chi connectivity index (χ3v) is 8.55. The van der Waals surface area contributed by atoms with Gasteiger partial charge in [0.2, 0.25) is 0 Å². The summed E-state index contributed by atoms with van der Waals surface area (Å²) in [6.07, 6.45) is 1.80. The highest BCUT2D eigenvalue weighted by Crippen LogP contribution is 2.36. The monoisotopic (exact) mass is 572 g/mol. The zero-order chi connectivity index (χ0) is 29.1. The van der Waals surface area contributed by atoms with E-state index in [1.54, 1.807) is 15.8 Å². The minimum atomic E-state index is -0.0777. The van der Waals surface area contributed by atoms with Gasteiger partial charge in [-0.25, -0.2) is 4.79 Å². The van der Waals surface area contributed by atoms with Crippen LogP contribution in [0.25, 0.3) is 0 Å². The van der Waals surface area contributed by atoms with Gasteiger partial charge in [0.05, 0.1) is 37.3 Å². The summed E-state index contributed by atoms with van der Waals surface area (Å²) in [5.41, 5.74) is 5.22. The Hall–Kier alpha value is -3.93. The Morgan fingerprint density at radius 1 is 0.976 bits per heavy atom. The lowest BCUT2D eigenvalue weighted by atomic mass is 10.0. The Morgan fingerprint density at radius 2 is 1.71 bits per heavy atom. The number of carbonyl (C=O) groups is 2. The van der Waals surface area contributed by atoms with Gasteiger partial charge < -0.3 is 25.2 Å². The summed E-state index contributed by atoms with van der Waals surface area (Å²) < 4.78 is 7.23. The molecule has 3 amide bonds. The number of hydrogen-bond acceptors (Lipinski definition) is 7. The van der Waals surface area contributed by atoms with E-state index in [-0.39, 0.29) is 11.9 Å². The molecule has 4 heterocycles. The van der Waals surface area contributed by atoms with Crippen LogP contribution < -0.4 is 15.5 Å². The summed E-state index contributed by atoms with van der Waals surface area (Å²) in [6.45, 7) is 11.8. The lowest BCUT2D eigenvalue weighted by Gasteiger charge is -2.36. The van der Waals surface area contributed by atoms with Gasteiger partial charge in [0.1, 0.15) is 5.82 Å². The molecule has 2 fully saturated rings. The van der Waals surface area contributed by atoms with Crippen molar-refractivity contribution >= 4 is 29.1 Å². The Morgan fingerprint density at radius 3 is 2.48 bits per heavy atom. The molecular formula is C31H40N8O3. The molecule has 6 rings (SSSR count). The second-order valence-corrected chi connectivity index (χ2v) is 11.3. The average Bonchev–Trinajstić information content (AvgIpc) is 3.27. The molecule has 0 aliphatic carbocycles. The minimum absolute atomic E-state index is 0.0386. The van der Waals surface area contributed by atoms with Crippen LogP contribution in [0.4, 0.5) is 22.0 Å². The largest absolute Gasteiger partial charge is 0.379 e. The maximum absolute atomic E-state index is 13.8. The van der Waals surface area contributed by atoms with Crippen molar-refractivity contribution in [2.45, 2.75) is 20.0 Å². The van der Waals surface area contributed by atoms with Crippen LogP contribution in [-0.4, -0.2) is 102 Å². The van der Waals surface area contributed by atoms with Crippen LogP contribution in [0.2, 0.25) is 0 Å². The fraction of sp³-hybridized carbons (Fsp3) is 0.452. The number of urea groups is 1. The number of para-hydroxylation sites is 2. The van der Waals surface area contributed by atoms with Crippen LogP contribution in [0.3, 0.4) is 0 Å². The summed E-state index contributed by atoms with van der Waals surface area (Å²) in [5.74, 6) is 0.806. The number of anilines is 3. The Balaban J connectivity index is 1.04. The number of carbonyl (C=O) groups excluding carboxylic acids is 2.